The lowest BCUT2D eigenvalue weighted by atomic mass is 9.90. The lowest BCUT2D eigenvalue weighted by Crippen LogP contribution is -2.43. The Hall–Kier alpha value is -2.57. The highest BCUT2D eigenvalue weighted by Gasteiger charge is 2.36. The number of hydrogen-bond donors (Lipinski definition) is 1. The van der Waals surface area contributed by atoms with E-state index in [2.05, 4.69) is 4.72 Å². The molecule has 9 nitrogen and oxygen atoms in total. The van der Waals surface area contributed by atoms with Crippen LogP contribution < -0.4 is 4.72 Å². The molecule has 2 aromatic carbocycles. The molecule has 38 heavy (non-hydrogen) atoms. The second-order valence-electron chi connectivity index (χ2n) is 9.52. The van der Waals surface area contributed by atoms with Gasteiger partial charge in [-0.2, -0.15) is 4.31 Å². The maximum absolute atomic E-state index is 13.5. The molecule has 2 heterocycles. The Kier molecular flexibility index (Phi) is 9.37. The quantitative estimate of drug-likeness (QED) is 0.477. The minimum atomic E-state index is -3.84. The standard InChI is InChI=1S/C27H35N3O6S2/c1-2-19-37(32,33)28-21-24-9-6-14-30(24)38(34,35)25-12-10-23(11-13-25)26(20-22-7-4-3-5-8-22)27(31)29-15-17-36-18-16-29/h2-5,7-8,10-13,19,24,26,28H,6,9,14-18,20-21H2,1H3/b19-2+/t24-,26?/m1/s1. The third-order valence-corrected chi connectivity index (χ3v) is 10.1. The van der Waals surface area contributed by atoms with Crippen LogP contribution in [0.2, 0.25) is 0 Å². The minimum absolute atomic E-state index is 0.000722. The third-order valence-electron chi connectivity index (χ3n) is 6.95. The van der Waals surface area contributed by atoms with E-state index in [9.17, 15) is 21.6 Å². The molecule has 0 aliphatic carbocycles. The maximum Gasteiger partial charge on any atom is 0.243 e. The molecule has 2 aromatic rings. The van der Waals surface area contributed by atoms with Gasteiger partial charge in [0.25, 0.3) is 0 Å². The van der Waals surface area contributed by atoms with Crippen molar-refractivity contribution in [2.45, 2.75) is 43.0 Å². The van der Waals surface area contributed by atoms with Gasteiger partial charge in [-0.25, -0.2) is 21.6 Å². The molecule has 2 atom stereocenters. The second-order valence-corrected chi connectivity index (χ2v) is 13.1. The number of nitrogens with one attached hydrogen (secondary N) is 1. The predicted octanol–water partition coefficient (Wildman–Crippen LogP) is 2.48. The Labute approximate surface area is 225 Å². The summed E-state index contributed by atoms with van der Waals surface area (Å²) in [6.45, 7) is 4.01. The van der Waals surface area contributed by atoms with Crippen LogP contribution in [-0.2, 0) is 36.0 Å². The highest BCUT2D eigenvalue weighted by molar-refractivity contribution is 7.92. The summed E-state index contributed by atoms with van der Waals surface area (Å²) < 4.78 is 60.3. The summed E-state index contributed by atoms with van der Waals surface area (Å²) in [4.78, 5) is 15.5. The summed E-state index contributed by atoms with van der Waals surface area (Å²) >= 11 is 0. The number of hydrogen-bond acceptors (Lipinski definition) is 6. The van der Waals surface area contributed by atoms with Gasteiger partial charge in [0.2, 0.25) is 26.0 Å². The van der Waals surface area contributed by atoms with Crippen LogP contribution in [0.25, 0.3) is 0 Å². The number of morpholine rings is 1. The Bertz CT molecular complexity index is 1320. The monoisotopic (exact) mass is 561 g/mol. The predicted molar refractivity (Wildman–Crippen MR) is 145 cm³/mol. The molecule has 0 saturated carbocycles. The molecule has 0 radical (unpaired) electrons. The van der Waals surface area contributed by atoms with Crippen LogP contribution in [0.4, 0.5) is 0 Å². The average Bonchev–Trinajstić information content (AvgIpc) is 3.41. The first-order valence-corrected chi connectivity index (χ1v) is 15.8. The average molecular weight is 562 g/mol. The smallest absolute Gasteiger partial charge is 0.243 e. The fourth-order valence-corrected chi connectivity index (χ4v) is 7.55. The molecule has 1 unspecified atom stereocenters. The van der Waals surface area contributed by atoms with E-state index < -0.39 is 32.0 Å². The van der Waals surface area contributed by atoms with E-state index in [1.807, 2.05) is 35.2 Å². The molecule has 0 aromatic heterocycles. The highest BCUT2D eigenvalue weighted by atomic mass is 32.2. The van der Waals surface area contributed by atoms with Gasteiger partial charge in [0.05, 0.1) is 24.0 Å². The first-order chi connectivity index (χ1) is 18.2. The minimum Gasteiger partial charge on any atom is -0.378 e. The molecule has 0 spiro atoms. The lowest BCUT2D eigenvalue weighted by Gasteiger charge is -2.31. The zero-order valence-electron chi connectivity index (χ0n) is 21.5. The Morgan fingerprint density at radius 2 is 1.71 bits per heavy atom. The molecule has 2 saturated heterocycles. The van der Waals surface area contributed by atoms with Crippen molar-refractivity contribution in [2.75, 3.05) is 39.4 Å². The van der Waals surface area contributed by atoms with Crippen molar-refractivity contribution in [1.82, 2.24) is 13.9 Å². The third kappa shape index (κ3) is 6.89. The molecule has 2 aliphatic heterocycles. The van der Waals surface area contributed by atoms with Crippen LogP contribution in [0, 0.1) is 0 Å². The van der Waals surface area contributed by atoms with E-state index in [0.29, 0.717) is 52.1 Å². The normalized spacial score (nSPS) is 20.1. The molecule has 4 rings (SSSR count). The van der Waals surface area contributed by atoms with Gasteiger partial charge in [-0.05, 0) is 49.4 Å². The SMILES string of the molecule is C/C=C/S(=O)(=O)NC[C@H]1CCCN1S(=O)(=O)c1ccc(C(Cc2ccccc2)C(=O)N2CCOCC2)cc1. The van der Waals surface area contributed by atoms with Crippen molar-refractivity contribution in [3.05, 3.63) is 77.2 Å². The number of rotatable bonds is 10. The van der Waals surface area contributed by atoms with Gasteiger partial charge in [0.15, 0.2) is 0 Å². The molecule has 11 heteroatoms. The van der Waals surface area contributed by atoms with E-state index in [0.717, 1.165) is 16.5 Å². The van der Waals surface area contributed by atoms with Crippen molar-refractivity contribution in [2.24, 2.45) is 0 Å². The first kappa shape index (κ1) is 28.4. The summed E-state index contributed by atoms with van der Waals surface area (Å²) in [6, 6.07) is 15.8. The topological polar surface area (TPSA) is 113 Å². The molecule has 2 aliphatic rings. The number of sulfonamides is 2. The Morgan fingerprint density at radius 3 is 2.37 bits per heavy atom. The van der Waals surface area contributed by atoms with Gasteiger partial charge in [0, 0.05) is 37.6 Å². The fourth-order valence-electron chi connectivity index (χ4n) is 4.98. The van der Waals surface area contributed by atoms with E-state index in [1.165, 1.54) is 10.4 Å². The molecule has 1 N–H and O–H groups in total. The summed E-state index contributed by atoms with van der Waals surface area (Å²) in [6.07, 6.45) is 3.15. The summed E-state index contributed by atoms with van der Waals surface area (Å²) in [7, 11) is -7.45. The molecular weight excluding hydrogens is 526 g/mol. The lowest BCUT2D eigenvalue weighted by molar-refractivity contribution is -0.136. The van der Waals surface area contributed by atoms with Crippen LogP contribution >= 0.6 is 0 Å². The molecule has 206 valence electrons. The molecule has 2 fully saturated rings. The van der Waals surface area contributed by atoms with Gasteiger partial charge in [0.1, 0.15) is 0 Å². The van der Waals surface area contributed by atoms with Gasteiger partial charge in [-0.1, -0.05) is 48.5 Å². The number of ether oxygens (including phenoxy) is 1. The van der Waals surface area contributed by atoms with Crippen LogP contribution in [0.1, 0.15) is 36.8 Å². The van der Waals surface area contributed by atoms with Crippen molar-refractivity contribution in [1.29, 1.82) is 0 Å². The van der Waals surface area contributed by atoms with Crippen LogP contribution in [0.3, 0.4) is 0 Å². The molecule has 0 bridgehead atoms. The Balaban J connectivity index is 1.54. The first-order valence-electron chi connectivity index (χ1n) is 12.9. The van der Waals surface area contributed by atoms with Crippen LogP contribution in [0.5, 0.6) is 0 Å². The van der Waals surface area contributed by atoms with Gasteiger partial charge in [-0.15, -0.1) is 0 Å². The van der Waals surface area contributed by atoms with Crippen LogP contribution in [0.15, 0.2) is 71.0 Å². The summed E-state index contributed by atoms with van der Waals surface area (Å²) in [5, 5.41) is 1.06. The zero-order valence-corrected chi connectivity index (χ0v) is 23.2. The van der Waals surface area contributed by atoms with Crippen molar-refractivity contribution < 1.29 is 26.4 Å². The molecular formula is C27H35N3O6S2. The zero-order chi connectivity index (χ0) is 27.2. The van der Waals surface area contributed by atoms with Gasteiger partial charge in [-0.3, -0.25) is 4.79 Å². The van der Waals surface area contributed by atoms with Crippen molar-refractivity contribution in [3.8, 4) is 0 Å². The number of carbonyl (C=O) groups is 1. The van der Waals surface area contributed by atoms with Gasteiger partial charge >= 0.3 is 0 Å². The van der Waals surface area contributed by atoms with E-state index in [4.69, 9.17) is 4.74 Å². The van der Waals surface area contributed by atoms with Crippen molar-refractivity contribution in [3.63, 3.8) is 0 Å². The van der Waals surface area contributed by atoms with E-state index >= 15 is 0 Å². The number of carbonyl (C=O) groups excluding carboxylic acids is 1. The van der Waals surface area contributed by atoms with Gasteiger partial charge < -0.3 is 9.64 Å². The number of allylic oxidation sites excluding steroid dienone is 1. The second kappa shape index (κ2) is 12.5. The number of nitrogens with zero attached hydrogens (tertiary/aromatic N) is 2. The van der Waals surface area contributed by atoms with Crippen molar-refractivity contribution >= 4 is 26.0 Å². The largest absolute Gasteiger partial charge is 0.378 e. The Morgan fingerprint density at radius 1 is 1.03 bits per heavy atom. The maximum atomic E-state index is 13.5. The number of amides is 1. The fraction of sp³-hybridized carbons (Fsp3) is 0.444. The molecule has 1 amide bonds. The number of benzene rings is 2. The summed E-state index contributed by atoms with van der Waals surface area (Å²) in [5.41, 5.74) is 1.78. The highest BCUT2D eigenvalue weighted by Crippen LogP contribution is 2.29. The van der Waals surface area contributed by atoms with Crippen LogP contribution in [-0.4, -0.2) is 77.4 Å². The van der Waals surface area contributed by atoms with E-state index in [-0.39, 0.29) is 17.3 Å². The van der Waals surface area contributed by atoms with E-state index in [1.54, 1.807) is 31.2 Å². The summed E-state index contributed by atoms with van der Waals surface area (Å²) in [5.74, 6) is -0.450.